The molecule has 0 saturated heterocycles. The first-order chi connectivity index (χ1) is 3.12. The summed E-state index contributed by atoms with van der Waals surface area (Å²) >= 11 is 0. The Morgan fingerprint density at radius 1 is 2.00 bits per heavy atom. The van der Waals surface area contributed by atoms with E-state index >= 15 is 0 Å². The predicted molar refractivity (Wildman–Crippen MR) is 37.3 cm³/mol. The summed E-state index contributed by atoms with van der Waals surface area (Å²) in [5.74, 6) is 0. The van der Waals surface area contributed by atoms with Crippen molar-refractivity contribution in [1.29, 1.82) is 0 Å². The van der Waals surface area contributed by atoms with E-state index < -0.39 is 0 Å². The molecule has 0 spiro atoms. The zero-order valence-corrected chi connectivity index (χ0v) is 7.07. The van der Waals surface area contributed by atoms with E-state index in [-0.39, 0.29) is 5.16 Å². The van der Waals surface area contributed by atoms with Crippen LogP contribution in [0.2, 0.25) is 0 Å². The van der Waals surface area contributed by atoms with Gasteiger partial charge in [0.05, 0.1) is 0 Å². The maximum Gasteiger partial charge on any atom is 0.0327 e. The smallest absolute Gasteiger partial charge is 0.0327 e. The molecule has 0 radical (unpaired) electrons. The van der Waals surface area contributed by atoms with Gasteiger partial charge in [-0.2, -0.15) is 0 Å². The molecular weight excluding hydrogens is 102 g/mol. The topological polar surface area (TPSA) is 26.0 Å². The maximum atomic E-state index is 5.66. The fraction of sp³-hybridized carbons (Fsp3) is 0.600. The summed E-state index contributed by atoms with van der Waals surface area (Å²) < 4.78 is 0. The Hall–Kier alpha value is -0.0831. The van der Waals surface area contributed by atoms with Crippen LogP contribution in [0, 0.1) is 0 Å². The van der Waals surface area contributed by atoms with Gasteiger partial charge in [0.1, 0.15) is 0 Å². The summed E-state index contributed by atoms with van der Waals surface area (Å²) in [6, 6.07) is 0. The van der Waals surface area contributed by atoms with Crippen molar-refractivity contribution in [2.24, 2.45) is 5.73 Å². The van der Waals surface area contributed by atoms with Crippen LogP contribution in [0.1, 0.15) is 13.3 Å². The second kappa shape index (κ2) is 2.28. The quantitative estimate of drug-likeness (QED) is 0.385. The van der Waals surface area contributed by atoms with Gasteiger partial charge in [-0.25, -0.2) is 0 Å². The van der Waals surface area contributed by atoms with Gasteiger partial charge >= 0.3 is 0 Å². The standard InChI is InChI=1S/C5H13NSi/c1-3-5(6,7)4-2/h3H,1,4,6H2,2,7H3. The van der Waals surface area contributed by atoms with Crippen molar-refractivity contribution >= 4 is 10.2 Å². The molecule has 0 fully saturated rings. The summed E-state index contributed by atoms with van der Waals surface area (Å²) in [4.78, 5) is 0. The lowest BCUT2D eigenvalue weighted by atomic mass is 10.2. The fourth-order valence-corrected chi connectivity index (χ4v) is 0.144. The lowest BCUT2D eigenvalue weighted by Gasteiger charge is -2.15. The SMILES string of the molecule is C=CC(N)([SiH3])CC. The number of rotatable bonds is 2. The minimum atomic E-state index is -0.0139. The molecule has 0 aromatic heterocycles. The van der Waals surface area contributed by atoms with Crippen molar-refractivity contribution in [2.75, 3.05) is 0 Å². The lowest BCUT2D eigenvalue weighted by molar-refractivity contribution is 0.706. The van der Waals surface area contributed by atoms with Crippen LogP contribution in [-0.4, -0.2) is 15.4 Å². The molecule has 7 heavy (non-hydrogen) atoms. The van der Waals surface area contributed by atoms with Crippen LogP contribution in [0.15, 0.2) is 12.7 Å². The first-order valence-electron chi connectivity index (χ1n) is 2.55. The highest BCUT2D eigenvalue weighted by atomic mass is 28.1. The second-order valence-electron chi connectivity index (χ2n) is 2.06. The molecule has 1 atom stereocenters. The third-order valence-electron chi connectivity index (χ3n) is 1.23. The molecule has 2 N–H and O–H groups in total. The number of hydrogen-bond donors (Lipinski definition) is 1. The van der Waals surface area contributed by atoms with Gasteiger partial charge in [-0.1, -0.05) is 13.0 Å². The molecule has 0 saturated carbocycles. The van der Waals surface area contributed by atoms with Crippen LogP contribution in [0.5, 0.6) is 0 Å². The monoisotopic (exact) mass is 115 g/mol. The summed E-state index contributed by atoms with van der Waals surface area (Å²) in [5.41, 5.74) is 5.66. The van der Waals surface area contributed by atoms with Crippen molar-refractivity contribution in [2.45, 2.75) is 18.5 Å². The highest BCUT2D eigenvalue weighted by Crippen LogP contribution is 1.98. The van der Waals surface area contributed by atoms with Crippen LogP contribution < -0.4 is 5.73 Å². The molecule has 0 aliphatic rings. The number of hydrogen-bond acceptors (Lipinski definition) is 1. The Morgan fingerprint density at radius 2 is 2.43 bits per heavy atom. The first kappa shape index (κ1) is 6.92. The summed E-state index contributed by atoms with van der Waals surface area (Å²) in [6.07, 6.45) is 2.85. The van der Waals surface area contributed by atoms with Crippen LogP contribution >= 0.6 is 0 Å². The van der Waals surface area contributed by atoms with Gasteiger partial charge in [-0.3, -0.25) is 0 Å². The predicted octanol–water partition coefficient (Wildman–Crippen LogP) is -0.397. The third-order valence-corrected chi connectivity index (χ3v) is 2.34. The first-order valence-corrected chi connectivity index (χ1v) is 3.55. The van der Waals surface area contributed by atoms with Crippen molar-refractivity contribution in [1.82, 2.24) is 0 Å². The van der Waals surface area contributed by atoms with Gasteiger partial charge in [-0.05, 0) is 6.42 Å². The summed E-state index contributed by atoms with van der Waals surface area (Å²) in [6.45, 7) is 5.69. The molecule has 0 amide bonds. The van der Waals surface area contributed by atoms with Crippen LogP contribution in [0.3, 0.4) is 0 Å². The van der Waals surface area contributed by atoms with Crippen molar-refractivity contribution in [3.05, 3.63) is 12.7 Å². The molecule has 0 heterocycles. The van der Waals surface area contributed by atoms with Crippen molar-refractivity contribution < 1.29 is 0 Å². The highest BCUT2D eigenvalue weighted by molar-refractivity contribution is 6.16. The third kappa shape index (κ3) is 2.59. The largest absolute Gasteiger partial charge is 0.325 e. The highest BCUT2D eigenvalue weighted by Gasteiger charge is 2.07. The van der Waals surface area contributed by atoms with E-state index in [1.165, 1.54) is 0 Å². The molecule has 1 unspecified atom stereocenters. The van der Waals surface area contributed by atoms with Gasteiger partial charge in [0, 0.05) is 15.4 Å². The van der Waals surface area contributed by atoms with Crippen molar-refractivity contribution in [3.8, 4) is 0 Å². The van der Waals surface area contributed by atoms with Crippen molar-refractivity contribution in [3.63, 3.8) is 0 Å². The maximum absolute atomic E-state index is 5.66. The van der Waals surface area contributed by atoms with E-state index in [0.29, 0.717) is 0 Å². The van der Waals surface area contributed by atoms with Gasteiger partial charge in [0.25, 0.3) is 0 Å². The molecule has 0 aliphatic carbocycles. The van der Waals surface area contributed by atoms with E-state index in [1.54, 1.807) is 0 Å². The molecule has 1 nitrogen and oxygen atoms in total. The zero-order valence-electron chi connectivity index (χ0n) is 5.07. The zero-order chi connectivity index (χ0) is 5.91. The van der Waals surface area contributed by atoms with E-state index in [1.807, 2.05) is 6.08 Å². The van der Waals surface area contributed by atoms with E-state index in [2.05, 4.69) is 13.5 Å². The summed E-state index contributed by atoms with van der Waals surface area (Å²) in [5, 5.41) is -0.0139. The molecule has 0 aliphatic heterocycles. The van der Waals surface area contributed by atoms with E-state index in [9.17, 15) is 0 Å². The molecule has 0 aromatic carbocycles. The minimum absolute atomic E-state index is 0.0139. The normalized spacial score (nSPS) is 18.6. The van der Waals surface area contributed by atoms with E-state index in [0.717, 1.165) is 16.7 Å². The van der Waals surface area contributed by atoms with Gasteiger partial charge in [-0.15, -0.1) is 6.58 Å². The van der Waals surface area contributed by atoms with Crippen LogP contribution in [0.25, 0.3) is 0 Å². The van der Waals surface area contributed by atoms with Gasteiger partial charge in [0.15, 0.2) is 0 Å². The summed E-state index contributed by atoms with van der Waals surface area (Å²) in [7, 11) is 1.01. The Kier molecular flexibility index (Phi) is 2.26. The molecule has 0 aromatic rings. The van der Waals surface area contributed by atoms with Crippen LogP contribution in [0.4, 0.5) is 0 Å². The fourth-order valence-electron chi connectivity index (χ4n) is 0.144. The Bertz CT molecular complexity index is 68.5. The molecule has 0 rings (SSSR count). The Morgan fingerprint density at radius 3 is 2.43 bits per heavy atom. The molecule has 0 bridgehead atoms. The van der Waals surface area contributed by atoms with Gasteiger partial charge < -0.3 is 5.73 Å². The van der Waals surface area contributed by atoms with Crippen LogP contribution in [-0.2, 0) is 0 Å². The van der Waals surface area contributed by atoms with E-state index in [4.69, 9.17) is 5.73 Å². The van der Waals surface area contributed by atoms with Gasteiger partial charge in [0.2, 0.25) is 0 Å². The Balaban J connectivity index is 3.58. The number of nitrogens with two attached hydrogens (primary N) is 1. The average molecular weight is 115 g/mol. The molecule has 2 heteroatoms. The molecule has 42 valence electrons. The Labute approximate surface area is 48.0 Å². The lowest BCUT2D eigenvalue weighted by Crippen LogP contribution is -2.36. The molecular formula is C5H13NSi. The average Bonchev–Trinajstić information content (AvgIpc) is 1.68. The minimum Gasteiger partial charge on any atom is -0.325 e. The second-order valence-corrected chi connectivity index (χ2v) is 3.93.